The highest BCUT2D eigenvalue weighted by molar-refractivity contribution is 5.81. The fourth-order valence-electron chi connectivity index (χ4n) is 1.60. The van der Waals surface area contributed by atoms with Crippen molar-refractivity contribution in [1.29, 1.82) is 0 Å². The van der Waals surface area contributed by atoms with Gasteiger partial charge in [0.2, 0.25) is 0 Å². The smallest absolute Gasteiger partial charge is 0.310 e. The number of rotatable bonds is 0. The molecule has 1 saturated carbocycles. The number of esters is 1. The summed E-state index contributed by atoms with van der Waals surface area (Å²) in [6.45, 7) is 5.87. The van der Waals surface area contributed by atoms with Crippen LogP contribution >= 0.6 is 0 Å². The molecule has 2 atom stereocenters. The third-order valence-corrected chi connectivity index (χ3v) is 2.50. The zero-order valence-corrected chi connectivity index (χ0v) is 5.55. The monoisotopic (exact) mass is 125 g/mol. The topological polar surface area (TPSA) is 26.3 Å². The van der Waals surface area contributed by atoms with Crippen LogP contribution in [-0.4, -0.2) is 5.97 Å². The van der Waals surface area contributed by atoms with Crippen LogP contribution < -0.4 is 0 Å². The van der Waals surface area contributed by atoms with Crippen molar-refractivity contribution >= 4 is 5.97 Å². The maximum atomic E-state index is 10.8. The van der Waals surface area contributed by atoms with Gasteiger partial charge in [0.1, 0.15) is 6.61 Å². The van der Waals surface area contributed by atoms with Crippen molar-refractivity contribution in [2.24, 2.45) is 17.3 Å². The summed E-state index contributed by atoms with van der Waals surface area (Å²) in [7, 11) is 0. The number of fused-ring (bicyclic) bond motifs is 1. The van der Waals surface area contributed by atoms with E-state index in [9.17, 15) is 4.79 Å². The van der Waals surface area contributed by atoms with Gasteiger partial charge in [0.25, 0.3) is 0 Å². The molecule has 0 aromatic heterocycles. The lowest BCUT2D eigenvalue weighted by atomic mass is 10.1. The normalized spacial score (nSPS) is 44.0. The highest BCUT2D eigenvalue weighted by Gasteiger charge is 2.67. The van der Waals surface area contributed by atoms with Crippen LogP contribution in [0.2, 0.25) is 0 Å². The molecule has 1 aliphatic heterocycles. The van der Waals surface area contributed by atoms with Crippen molar-refractivity contribution < 1.29 is 9.53 Å². The molecule has 9 heavy (non-hydrogen) atoms. The van der Waals surface area contributed by atoms with E-state index >= 15 is 0 Å². The van der Waals surface area contributed by atoms with Crippen LogP contribution in [-0.2, 0) is 9.53 Å². The van der Waals surface area contributed by atoms with Crippen molar-refractivity contribution in [3.8, 4) is 0 Å². The standard InChI is InChI=1S/C7H9O2/c1-7(2)4-3-9-6(8)5(4)7/h3-5H,1-2H3. The predicted molar refractivity (Wildman–Crippen MR) is 31.2 cm³/mol. The molecule has 2 unspecified atom stereocenters. The first-order valence-electron chi connectivity index (χ1n) is 3.18. The second-order valence-electron chi connectivity index (χ2n) is 3.40. The fourth-order valence-corrected chi connectivity index (χ4v) is 1.60. The Labute approximate surface area is 54.2 Å². The zero-order chi connectivity index (χ0) is 6.65. The number of cyclic esters (lactones) is 1. The highest BCUT2D eigenvalue weighted by atomic mass is 16.5. The Hall–Kier alpha value is -0.530. The average Bonchev–Trinajstić information content (AvgIpc) is 2.19. The Morgan fingerprint density at radius 2 is 2.33 bits per heavy atom. The summed E-state index contributed by atoms with van der Waals surface area (Å²) in [6, 6.07) is 0. The molecule has 2 nitrogen and oxygen atoms in total. The summed E-state index contributed by atoms with van der Waals surface area (Å²) in [5, 5.41) is 0. The maximum absolute atomic E-state index is 10.8. The second kappa shape index (κ2) is 1.15. The van der Waals surface area contributed by atoms with Crippen LogP contribution in [0.15, 0.2) is 0 Å². The van der Waals surface area contributed by atoms with Crippen LogP contribution in [0.1, 0.15) is 13.8 Å². The number of carbonyl (C=O) groups excluding carboxylic acids is 1. The van der Waals surface area contributed by atoms with E-state index in [2.05, 4.69) is 18.6 Å². The molecule has 0 aromatic rings. The molecule has 1 radical (unpaired) electrons. The van der Waals surface area contributed by atoms with E-state index in [4.69, 9.17) is 0 Å². The molecule has 0 amide bonds. The Bertz CT molecular complexity index is 172. The summed E-state index contributed by atoms with van der Waals surface area (Å²) in [5.41, 5.74) is 0.204. The van der Waals surface area contributed by atoms with E-state index in [0.29, 0.717) is 5.92 Å². The van der Waals surface area contributed by atoms with Crippen LogP contribution in [0.3, 0.4) is 0 Å². The number of hydrogen-bond donors (Lipinski definition) is 0. The molecule has 1 aliphatic carbocycles. The van der Waals surface area contributed by atoms with Gasteiger partial charge in [-0.3, -0.25) is 4.79 Å². The molecule has 2 rings (SSSR count). The lowest BCUT2D eigenvalue weighted by Gasteiger charge is -2.05. The van der Waals surface area contributed by atoms with Crippen molar-refractivity contribution in [2.75, 3.05) is 0 Å². The first kappa shape index (κ1) is 5.27. The molecule has 0 N–H and O–H groups in total. The lowest BCUT2D eigenvalue weighted by Crippen LogP contribution is -2.07. The Balaban J connectivity index is 2.23. The van der Waals surface area contributed by atoms with E-state index in [1.165, 1.54) is 0 Å². The third kappa shape index (κ3) is 0.443. The molecule has 2 aliphatic rings. The molecule has 1 heterocycles. The second-order valence-corrected chi connectivity index (χ2v) is 3.40. The van der Waals surface area contributed by atoms with Gasteiger partial charge in [-0.1, -0.05) is 13.8 Å². The summed E-state index contributed by atoms with van der Waals surface area (Å²) >= 11 is 0. The van der Waals surface area contributed by atoms with Crippen molar-refractivity contribution in [2.45, 2.75) is 13.8 Å². The van der Waals surface area contributed by atoms with Crippen LogP contribution in [0, 0.1) is 23.9 Å². The van der Waals surface area contributed by atoms with E-state index in [0.717, 1.165) is 0 Å². The number of hydrogen-bond acceptors (Lipinski definition) is 2. The molecular formula is C7H9O2. The molecular weight excluding hydrogens is 116 g/mol. The number of carbonyl (C=O) groups is 1. The molecule has 1 saturated heterocycles. The molecule has 0 bridgehead atoms. The predicted octanol–water partition coefficient (Wildman–Crippen LogP) is 0.977. The van der Waals surface area contributed by atoms with E-state index in [1.54, 1.807) is 6.61 Å². The van der Waals surface area contributed by atoms with Gasteiger partial charge < -0.3 is 4.74 Å². The quantitative estimate of drug-likeness (QED) is 0.451. The first-order valence-corrected chi connectivity index (χ1v) is 3.18. The van der Waals surface area contributed by atoms with Crippen molar-refractivity contribution in [3.63, 3.8) is 0 Å². The lowest BCUT2D eigenvalue weighted by molar-refractivity contribution is -0.140. The Kier molecular flexibility index (Phi) is 0.675. The van der Waals surface area contributed by atoms with Gasteiger partial charge in [0.15, 0.2) is 0 Å². The Morgan fingerprint density at radius 1 is 1.67 bits per heavy atom. The molecule has 49 valence electrons. The Morgan fingerprint density at radius 3 is 2.56 bits per heavy atom. The first-order chi connectivity index (χ1) is 4.14. The molecule has 2 fully saturated rings. The summed E-state index contributed by atoms with van der Waals surface area (Å²) in [6.07, 6.45) is 0. The third-order valence-electron chi connectivity index (χ3n) is 2.50. The molecule has 2 heteroatoms. The summed E-state index contributed by atoms with van der Waals surface area (Å²) in [5.74, 6) is 0.549. The van der Waals surface area contributed by atoms with Crippen molar-refractivity contribution in [1.82, 2.24) is 0 Å². The molecule has 0 aromatic carbocycles. The van der Waals surface area contributed by atoms with Gasteiger partial charge in [0.05, 0.1) is 5.92 Å². The van der Waals surface area contributed by atoms with E-state index in [1.807, 2.05) is 0 Å². The molecule has 0 spiro atoms. The van der Waals surface area contributed by atoms with Gasteiger partial charge in [-0.2, -0.15) is 0 Å². The largest absolute Gasteiger partial charge is 0.458 e. The maximum Gasteiger partial charge on any atom is 0.310 e. The highest BCUT2D eigenvalue weighted by Crippen LogP contribution is 2.63. The van der Waals surface area contributed by atoms with Gasteiger partial charge in [-0.05, 0) is 5.41 Å². The van der Waals surface area contributed by atoms with Gasteiger partial charge in [-0.15, -0.1) is 0 Å². The average molecular weight is 125 g/mol. The van der Waals surface area contributed by atoms with Gasteiger partial charge >= 0.3 is 5.97 Å². The SMILES string of the molecule is CC1(C)C2[CH]OC(=O)C21. The number of ether oxygens (including phenoxy) is 1. The summed E-state index contributed by atoms with van der Waals surface area (Å²) < 4.78 is 4.69. The van der Waals surface area contributed by atoms with Crippen LogP contribution in [0.25, 0.3) is 0 Å². The van der Waals surface area contributed by atoms with Gasteiger partial charge in [0, 0.05) is 5.92 Å². The minimum absolute atomic E-state index is 0.0370. The zero-order valence-electron chi connectivity index (χ0n) is 5.55. The minimum atomic E-state index is -0.0370. The van der Waals surface area contributed by atoms with Crippen LogP contribution in [0.5, 0.6) is 0 Å². The van der Waals surface area contributed by atoms with E-state index < -0.39 is 0 Å². The minimum Gasteiger partial charge on any atom is -0.458 e. The van der Waals surface area contributed by atoms with E-state index in [-0.39, 0.29) is 17.3 Å². The fraction of sp³-hybridized carbons (Fsp3) is 0.714. The van der Waals surface area contributed by atoms with Crippen molar-refractivity contribution in [3.05, 3.63) is 6.61 Å². The van der Waals surface area contributed by atoms with Crippen LogP contribution in [0.4, 0.5) is 0 Å². The van der Waals surface area contributed by atoms with Gasteiger partial charge in [-0.25, -0.2) is 0 Å². The summed E-state index contributed by atoms with van der Waals surface area (Å²) in [4.78, 5) is 10.8.